The minimum Gasteiger partial charge on any atom is -0.492 e. The van der Waals surface area contributed by atoms with E-state index in [0.29, 0.717) is 30.6 Å². The first kappa shape index (κ1) is 24.2. The van der Waals surface area contributed by atoms with E-state index in [0.717, 1.165) is 12.1 Å². The third kappa shape index (κ3) is 7.27. The minimum atomic E-state index is -1.24. The van der Waals surface area contributed by atoms with Crippen LogP contribution in [0.2, 0.25) is 0 Å². The number of rotatable bonds is 8. The van der Waals surface area contributed by atoms with Crippen LogP contribution in [-0.4, -0.2) is 37.3 Å². The summed E-state index contributed by atoms with van der Waals surface area (Å²) >= 11 is 0. The Balaban J connectivity index is 0.00000392. The lowest BCUT2D eigenvalue weighted by molar-refractivity contribution is 0.0428. The monoisotopic (exact) mass is 509 g/mol. The Kier molecular flexibility index (Phi) is 9.66. The van der Waals surface area contributed by atoms with Crippen molar-refractivity contribution in [2.45, 2.75) is 26.4 Å². The van der Waals surface area contributed by atoms with Gasteiger partial charge in [-0.15, -0.1) is 24.0 Å². The van der Waals surface area contributed by atoms with Gasteiger partial charge in [0.1, 0.15) is 29.5 Å². The molecule has 1 aromatic heterocycles. The molecule has 6 nitrogen and oxygen atoms in total. The molecule has 1 atom stereocenters. The van der Waals surface area contributed by atoms with Crippen molar-refractivity contribution in [2.24, 2.45) is 4.99 Å². The van der Waals surface area contributed by atoms with Crippen LogP contribution in [0.25, 0.3) is 0 Å². The molecule has 0 radical (unpaired) electrons. The third-order valence-corrected chi connectivity index (χ3v) is 3.71. The van der Waals surface area contributed by atoms with Gasteiger partial charge in [-0.05, 0) is 45.0 Å². The van der Waals surface area contributed by atoms with Crippen LogP contribution in [0.5, 0.6) is 5.75 Å². The standard InChI is InChI=1S/C19H25F2N3O3.HI/c1-4-22-18(24-12-19(3,25)17-8-5-13(2)27-17)23-9-10-26-14-6-7-15(20)16(21)11-14;/h5-8,11,25H,4,9-10,12H2,1-3H3,(H2,22,23,24);1H. The predicted octanol–water partition coefficient (Wildman–Crippen LogP) is 3.33. The fourth-order valence-electron chi connectivity index (χ4n) is 2.28. The molecule has 0 aliphatic carbocycles. The number of guanidine groups is 1. The Bertz CT molecular complexity index is 782. The molecule has 28 heavy (non-hydrogen) atoms. The molecule has 0 spiro atoms. The summed E-state index contributed by atoms with van der Waals surface area (Å²) < 4.78 is 36.9. The highest BCUT2D eigenvalue weighted by molar-refractivity contribution is 14.0. The summed E-state index contributed by atoms with van der Waals surface area (Å²) in [5.74, 6) is 0.0326. The van der Waals surface area contributed by atoms with Gasteiger partial charge >= 0.3 is 0 Å². The van der Waals surface area contributed by atoms with E-state index in [9.17, 15) is 13.9 Å². The Labute approximate surface area is 180 Å². The number of benzene rings is 1. The zero-order valence-electron chi connectivity index (χ0n) is 16.1. The van der Waals surface area contributed by atoms with Crippen LogP contribution in [0.1, 0.15) is 25.4 Å². The molecule has 2 rings (SSSR count). The van der Waals surface area contributed by atoms with Gasteiger partial charge in [-0.25, -0.2) is 13.8 Å². The largest absolute Gasteiger partial charge is 0.492 e. The van der Waals surface area contributed by atoms with Crippen molar-refractivity contribution in [3.63, 3.8) is 0 Å². The molecule has 0 bridgehead atoms. The van der Waals surface area contributed by atoms with Gasteiger partial charge in [0.05, 0.1) is 13.1 Å². The van der Waals surface area contributed by atoms with Crippen LogP contribution in [0.4, 0.5) is 8.78 Å². The number of hydrogen-bond donors (Lipinski definition) is 3. The van der Waals surface area contributed by atoms with Gasteiger partial charge in [-0.1, -0.05) is 0 Å². The van der Waals surface area contributed by atoms with Gasteiger partial charge < -0.3 is 24.9 Å². The van der Waals surface area contributed by atoms with Crippen LogP contribution in [0, 0.1) is 18.6 Å². The van der Waals surface area contributed by atoms with Gasteiger partial charge in [-0.3, -0.25) is 0 Å². The summed E-state index contributed by atoms with van der Waals surface area (Å²) in [5, 5.41) is 16.6. The first-order valence-electron chi connectivity index (χ1n) is 8.71. The molecular formula is C19H26F2IN3O3. The quantitative estimate of drug-likeness (QED) is 0.220. The summed E-state index contributed by atoms with van der Waals surface area (Å²) in [6, 6.07) is 6.88. The van der Waals surface area contributed by atoms with Crippen molar-refractivity contribution in [3.05, 3.63) is 53.5 Å². The number of aliphatic imine (C=N–C) groups is 1. The van der Waals surface area contributed by atoms with E-state index in [2.05, 4.69) is 15.6 Å². The first-order valence-corrected chi connectivity index (χ1v) is 8.71. The van der Waals surface area contributed by atoms with Crippen molar-refractivity contribution in [1.82, 2.24) is 10.6 Å². The van der Waals surface area contributed by atoms with Gasteiger partial charge in [0.15, 0.2) is 17.6 Å². The number of furan rings is 1. The van der Waals surface area contributed by atoms with Crippen molar-refractivity contribution in [3.8, 4) is 5.75 Å². The lowest BCUT2D eigenvalue weighted by atomic mass is 10.0. The second-order valence-corrected chi connectivity index (χ2v) is 6.23. The molecule has 3 N–H and O–H groups in total. The number of nitrogens with zero attached hydrogens (tertiary/aromatic N) is 1. The van der Waals surface area contributed by atoms with Crippen LogP contribution in [0.15, 0.2) is 39.7 Å². The van der Waals surface area contributed by atoms with E-state index in [-0.39, 0.29) is 42.9 Å². The normalized spacial score (nSPS) is 13.4. The summed E-state index contributed by atoms with van der Waals surface area (Å²) in [7, 11) is 0. The van der Waals surface area contributed by atoms with Crippen LogP contribution >= 0.6 is 24.0 Å². The maximum absolute atomic E-state index is 13.1. The number of hydrogen-bond acceptors (Lipinski definition) is 4. The van der Waals surface area contributed by atoms with Crippen molar-refractivity contribution >= 4 is 29.9 Å². The summed E-state index contributed by atoms with van der Waals surface area (Å²) in [4.78, 5) is 4.36. The van der Waals surface area contributed by atoms with Gasteiger partial charge in [0.2, 0.25) is 0 Å². The lowest BCUT2D eigenvalue weighted by Crippen LogP contribution is -2.40. The van der Waals surface area contributed by atoms with E-state index in [1.165, 1.54) is 6.07 Å². The number of halogens is 3. The molecule has 0 saturated carbocycles. The summed E-state index contributed by atoms with van der Waals surface area (Å²) in [5.41, 5.74) is -1.24. The summed E-state index contributed by atoms with van der Waals surface area (Å²) in [6.45, 7) is 6.70. The molecule has 2 aromatic rings. The topological polar surface area (TPSA) is 79.0 Å². The van der Waals surface area contributed by atoms with E-state index in [1.54, 1.807) is 19.1 Å². The number of ether oxygens (including phenoxy) is 1. The van der Waals surface area contributed by atoms with E-state index in [4.69, 9.17) is 9.15 Å². The number of nitrogens with one attached hydrogen (secondary N) is 2. The fraction of sp³-hybridized carbons (Fsp3) is 0.421. The van der Waals surface area contributed by atoms with Crippen LogP contribution in [0.3, 0.4) is 0 Å². The Morgan fingerprint density at radius 2 is 1.96 bits per heavy atom. The van der Waals surface area contributed by atoms with E-state index >= 15 is 0 Å². The molecule has 0 amide bonds. The first-order chi connectivity index (χ1) is 12.8. The minimum absolute atomic E-state index is 0. The third-order valence-electron chi connectivity index (χ3n) is 3.71. The molecule has 0 aliphatic rings. The van der Waals surface area contributed by atoms with Crippen LogP contribution < -0.4 is 15.4 Å². The van der Waals surface area contributed by atoms with Gasteiger partial charge in [0.25, 0.3) is 0 Å². The highest BCUT2D eigenvalue weighted by Gasteiger charge is 2.26. The Morgan fingerprint density at radius 3 is 2.57 bits per heavy atom. The second kappa shape index (κ2) is 11.2. The van der Waals surface area contributed by atoms with Crippen molar-refractivity contribution in [2.75, 3.05) is 26.2 Å². The average Bonchev–Trinajstić information content (AvgIpc) is 3.07. The summed E-state index contributed by atoms with van der Waals surface area (Å²) in [6.07, 6.45) is 0. The maximum Gasteiger partial charge on any atom is 0.191 e. The zero-order chi connectivity index (χ0) is 19.9. The molecule has 0 fully saturated rings. The molecule has 1 heterocycles. The number of aliphatic hydroxyl groups is 1. The maximum atomic E-state index is 13.1. The molecule has 0 aliphatic heterocycles. The SMILES string of the molecule is CCNC(=NCC(C)(O)c1ccc(C)o1)NCCOc1ccc(F)c(F)c1.I. The highest BCUT2D eigenvalue weighted by atomic mass is 127. The predicted molar refractivity (Wildman–Crippen MR) is 114 cm³/mol. The molecule has 1 aromatic carbocycles. The fourth-order valence-corrected chi connectivity index (χ4v) is 2.28. The second-order valence-electron chi connectivity index (χ2n) is 6.23. The van der Waals surface area contributed by atoms with Gasteiger partial charge in [-0.2, -0.15) is 0 Å². The Morgan fingerprint density at radius 1 is 1.21 bits per heavy atom. The Hall–Kier alpha value is -1.88. The lowest BCUT2D eigenvalue weighted by Gasteiger charge is -2.19. The van der Waals surface area contributed by atoms with Crippen molar-refractivity contribution < 1.29 is 23.0 Å². The van der Waals surface area contributed by atoms with E-state index < -0.39 is 17.2 Å². The molecule has 0 saturated heterocycles. The van der Waals surface area contributed by atoms with Crippen LogP contribution in [-0.2, 0) is 5.60 Å². The van der Waals surface area contributed by atoms with E-state index in [1.807, 2.05) is 13.8 Å². The van der Waals surface area contributed by atoms with Gasteiger partial charge in [0, 0.05) is 12.6 Å². The van der Waals surface area contributed by atoms with Crippen molar-refractivity contribution in [1.29, 1.82) is 0 Å². The number of aryl methyl sites for hydroxylation is 1. The average molecular weight is 509 g/mol. The molecule has 1 unspecified atom stereocenters. The zero-order valence-corrected chi connectivity index (χ0v) is 18.4. The molecule has 9 heteroatoms. The highest BCUT2D eigenvalue weighted by Crippen LogP contribution is 2.23. The molecular weight excluding hydrogens is 483 g/mol. The molecule has 156 valence electrons. The smallest absolute Gasteiger partial charge is 0.191 e.